The second-order valence-electron chi connectivity index (χ2n) is 5.73. The number of halogens is 3. The first-order valence-electron chi connectivity index (χ1n) is 7.59. The van der Waals surface area contributed by atoms with E-state index < -0.39 is 5.92 Å². The second kappa shape index (κ2) is 6.48. The Bertz CT molecular complexity index is 631. The van der Waals surface area contributed by atoms with Gasteiger partial charge in [-0.25, -0.2) is 18.2 Å². The van der Waals surface area contributed by atoms with E-state index in [-0.39, 0.29) is 18.7 Å². The summed E-state index contributed by atoms with van der Waals surface area (Å²) in [6.45, 7) is 1.21. The number of hydrogen-bond donors (Lipinski definition) is 1. The number of pyridine rings is 1. The molecule has 0 atom stereocenters. The first-order chi connectivity index (χ1) is 11.0. The van der Waals surface area contributed by atoms with Gasteiger partial charge < -0.3 is 10.2 Å². The van der Waals surface area contributed by atoms with Crippen molar-refractivity contribution in [2.75, 3.05) is 23.3 Å². The quantitative estimate of drug-likeness (QED) is 0.920. The number of aromatic nitrogens is 1. The van der Waals surface area contributed by atoms with E-state index in [1.54, 1.807) is 18.3 Å². The summed E-state index contributed by atoms with van der Waals surface area (Å²) in [6.07, 6.45) is 1.43. The van der Waals surface area contributed by atoms with Gasteiger partial charge in [0.25, 0.3) is 5.92 Å². The molecule has 1 fully saturated rings. The van der Waals surface area contributed by atoms with Crippen molar-refractivity contribution in [3.05, 3.63) is 54.0 Å². The zero-order valence-electron chi connectivity index (χ0n) is 12.6. The highest BCUT2D eigenvalue weighted by Crippen LogP contribution is 2.29. The van der Waals surface area contributed by atoms with E-state index in [4.69, 9.17) is 0 Å². The molecule has 1 aliphatic heterocycles. The minimum atomic E-state index is -2.55. The molecule has 3 nitrogen and oxygen atoms in total. The molecule has 1 aromatic carbocycles. The molecule has 23 heavy (non-hydrogen) atoms. The Morgan fingerprint density at radius 1 is 1.04 bits per heavy atom. The molecule has 1 aliphatic rings. The molecule has 2 heterocycles. The first kappa shape index (κ1) is 15.6. The van der Waals surface area contributed by atoms with Crippen LogP contribution in [0.3, 0.4) is 0 Å². The van der Waals surface area contributed by atoms with Gasteiger partial charge >= 0.3 is 0 Å². The highest BCUT2D eigenvalue weighted by molar-refractivity contribution is 5.49. The van der Waals surface area contributed by atoms with Crippen molar-refractivity contribution >= 4 is 11.5 Å². The molecule has 1 N–H and O–H groups in total. The zero-order valence-corrected chi connectivity index (χ0v) is 12.6. The predicted octanol–water partition coefficient (Wildman–Crippen LogP) is 4.07. The van der Waals surface area contributed by atoms with Crippen LogP contribution in [0.2, 0.25) is 0 Å². The SMILES string of the molecule is Fc1ccc(CNc2ccc(N3CCC(F)(F)CC3)nc2)cc1. The molecule has 2 aromatic rings. The lowest BCUT2D eigenvalue weighted by Gasteiger charge is -2.32. The van der Waals surface area contributed by atoms with Crippen LogP contribution in [-0.2, 0) is 6.54 Å². The van der Waals surface area contributed by atoms with E-state index in [0.717, 1.165) is 11.3 Å². The highest BCUT2D eigenvalue weighted by atomic mass is 19.3. The summed E-state index contributed by atoms with van der Waals surface area (Å²) in [6, 6.07) is 9.99. The highest BCUT2D eigenvalue weighted by Gasteiger charge is 2.34. The van der Waals surface area contributed by atoms with Crippen molar-refractivity contribution < 1.29 is 13.2 Å². The van der Waals surface area contributed by atoms with Crippen LogP contribution in [0.15, 0.2) is 42.6 Å². The van der Waals surface area contributed by atoms with Gasteiger partial charge in [-0.3, -0.25) is 0 Å². The molecule has 0 amide bonds. The number of alkyl halides is 2. The second-order valence-corrected chi connectivity index (χ2v) is 5.73. The maximum absolute atomic E-state index is 13.2. The van der Waals surface area contributed by atoms with Crippen molar-refractivity contribution in [2.24, 2.45) is 0 Å². The molecule has 1 saturated heterocycles. The molecule has 1 aromatic heterocycles. The summed E-state index contributed by atoms with van der Waals surface area (Å²) < 4.78 is 39.2. The third kappa shape index (κ3) is 4.15. The van der Waals surface area contributed by atoms with Crippen molar-refractivity contribution in [1.82, 2.24) is 4.98 Å². The Balaban J connectivity index is 1.56. The molecule has 3 rings (SSSR count). The Morgan fingerprint density at radius 3 is 2.35 bits per heavy atom. The molecule has 0 radical (unpaired) electrons. The van der Waals surface area contributed by atoms with Gasteiger partial charge in [0.15, 0.2) is 0 Å². The number of benzene rings is 1. The Morgan fingerprint density at radius 2 is 1.74 bits per heavy atom. The fraction of sp³-hybridized carbons (Fsp3) is 0.353. The Hall–Kier alpha value is -2.24. The number of anilines is 2. The van der Waals surface area contributed by atoms with E-state index in [9.17, 15) is 13.2 Å². The van der Waals surface area contributed by atoms with E-state index in [1.807, 2.05) is 17.0 Å². The van der Waals surface area contributed by atoms with E-state index >= 15 is 0 Å². The molecule has 0 spiro atoms. The van der Waals surface area contributed by atoms with Gasteiger partial charge in [-0.1, -0.05) is 12.1 Å². The maximum atomic E-state index is 13.2. The molecule has 6 heteroatoms. The zero-order chi connectivity index (χ0) is 16.3. The third-order valence-electron chi connectivity index (χ3n) is 3.98. The predicted molar refractivity (Wildman–Crippen MR) is 84.4 cm³/mol. The molecule has 122 valence electrons. The summed E-state index contributed by atoms with van der Waals surface area (Å²) in [5, 5.41) is 3.20. The van der Waals surface area contributed by atoms with Crippen molar-refractivity contribution in [3.63, 3.8) is 0 Å². The van der Waals surface area contributed by atoms with Crippen molar-refractivity contribution in [3.8, 4) is 0 Å². The number of nitrogens with zero attached hydrogens (tertiary/aromatic N) is 2. The average molecular weight is 321 g/mol. The van der Waals surface area contributed by atoms with Gasteiger partial charge in [-0.05, 0) is 29.8 Å². The first-order valence-corrected chi connectivity index (χ1v) is 7.59. The van der Waals surface area contributed by atoms with Crippen LogP contribution in [0.4, 0.5) is 24.7 Å². The molecule has 0 bridgehead atoms. The minimum absolute atomic E-state index is 0.126. The van der Waals surface area contributed by atoms with Crippen LogP contribution < -0.4 is 10.2 Å². The van der Waals surface area contributed by atoms with Crippen LogP contribution in [-0.4, -0.2) is 24.0 Å². The van der Waals surface area contributed by atoms with Gasteiger partial charge in [-0.2, -0.15) is 0 Å². The largest absolute Gasteiger partial charge is 0.380 e. The minimum Gasteiger partial charge on any atom is -0.380 e. The van der Waals surface area contributed by atoms with Crippen LogP contribution in [0.25, 0.3) is 0 Å². The molecule has 0 saturated carbocycles. The molecular formula is C17H18F3N3. The van der Waals surface area contributed by atoms with E-state index in [2.05, 4.69) is 10.3 Å². The summed E-state index contributed by atoms with van der Waals surface area (Å²) >= 11 is 0. The van der Waals surface area contributed by atoms with Gasteiger partial charge in [0, 0.05) is 32.5 Å². The van der Waals surface area contributed by atoms with Crippen LogP contribution in [0.1, 0.15) is 18.4 Å². The van der Waals surface area contributed by atoms with Crippen molar-refractivity contribution in [1.29, 1.82) is 0 Å². The van der Waals surface area contributed by atoms with E-state index in [1.165, 1.54) is 12.1 Å². The topological polar surface area (TPSA) is 28.2 Å². The number of hydrogen-bond acceptors (Lipinski definition) is 3. The number of rotatable bonds is 4. The fourth-order valence-electron chi connectivity index (χ4n) is 2.55. The van der Waals surface area contributed by atoms with Crippen molar-refractivity contribution in [2.45, 2.75) is 25.3 Å². The Kier molecular flexibility index (Phi) is 4.41. The number of piperidine rings is 1. The summed E-state index contributed by atoms with van der Waals surface area (Å²) in [5.41, 5.74) is 1.80. The standard InChI is InChI=1S/C17H18F3N3/c18-14-3-1-13(2-4-14)11-21-15-5-6-16(22-12-15)23-9-7-17(19,20)8-10-23/h1-6,12,21H,7-11H2. The van der Waals surface area contributed by atoms with Gasteiger partial charge in [-0.15, -0.1) is 0 Å². The third-order valence-corrected chi connectivity index (χ3v) is 3.98. The van der Waals surface area contributed by atoms with Crippen LogP contribution in [0.5, 0.6) is 0 Å². The lowest BCUT2D eigenvalue weighted by atomic mass is 10.1. The summed E-state index contributed by atoms with van der Waals surface area (Å²) in [7, 11) is 0. The Labute approximate surface area is 133 Å². The molecule has 0 unspecified atom stereocenters. The molecule has 0 aliphatic carbocycles. The normalized spacial score (nSPS) is 17.1. The lowest BCUT2D eigenvalue weighted by molar-refractivity contribution is -0.0221. The number of nitrogens with one attached hydrogen (secondary N) is 1. The van der Waals surface area contributed by atoms with E-state index in [0.29, 0.717) is 25.5 Å². The average Bonchev–Trinajstić information content (AvgIpc) is 2.55. The fourth-order valence-corrected chi connectivity index (χ4v) is 2.55. The van der Waals surface area contributed by atoms with Gasteiger partial charge in [0.1, 0.15) is 11.6 Å². The smallest absolute Gasteiger partial charge is 0.251 e. The lowest BCUT2D eigenvalue weighted by Crippen LogP contribution is -2.39. The van der Waals surface area contributed by atoms with Gasteiger partial charge in [0.05, 0.1) is 11.9 Å². The van der Waals surface area contributed by atoms with Crippen LogP contribution in [0, 0.1) is 5.82 Å². The van der Waals surface area contributed by atoms with Gasteiger partial charge in [0.2, 0.25) is 0 Å². The monoisotopic (exact) mass is 321 g/mol. The summed E-state index contributed by atoms with van der Waals surface area (Å²) in [5.74, 6) is -2.09. The molecular weight excluding hydrogens is 303 g/mol. The van der Waals surface area contributed by atoms with Crippen LogP contribution >= 0.6 is 0 Å². The maximum Gasteiger partial charge on any atom is 0.251 e. The summed E-state index contributed by atoms with van der Waals surface area (Å²) in [4.78, 5) is 6.21.